The number of oxime groups is 1. The van der Waals surface area contributed by atoms with E-state index in [1.165, 1.54) is 0 Å². The first-order chi connectivity index (χ1) is 12.0. The molecule has 0 aromatic heterocycles. The molecule has 25 heavy (non-hydrogen) atoms. The molecular weight excluding hydrogens is 316 g/mol. The van der Waals surface area contributed by atoms with Crippen molar-refractivity contribution in [2.24, 2.45) is 39.7 Å². The van der Waals surface area contributed by atoms with Crippen molar-refractivity contribution in [3.8, 4) is 0 Å². The molecule has 6 atom stereocenters. The fourth-order valence-corrected chi connectivity index (χ4v) is 6.97. The third kappa shape index (κ3) is 2.27. The Bertz CT molecular complexity index is 630. The zero-order valence-electron chi connectivity index (χ0n) is 15.4. The highest BCUT2D eigenvalue weighted by molar-refractivity contribution is 5.95. The summed E-state index contributed by atoms with van der Waals surface area (Å²) in [5.74, 6) is 1.82. The number of fused-ring (bicyclic) bond motifs is 5. The number of nitrogens with zero attached hydrogens (tertiary/aromatic N) is 1. The van der Waals surface area contributed by atoms with Gasteiger partial charge in [-0.2, -0.15) is 0 Å². The lowest BCUT2D eigenvalue weighted by molar-refractivity contribution is -0.135. The van der Waals surface area contributed by atoms with Gasteiger partial charge in [0, 0.05) is 35.5 Å². The van der Waals surface area contributed by atoms with Gasteiger partial charge in [-0.15, -0.1) is 0 Å². The fraction of sp³-hybridized carbons (Fsp3) is 0.850. The Balaban J connectivity index is 1.77. The van der Waals surface area contributed by atoms with E-state index in [4.69, 9.17) is 10.2 Å². The number of hydrogen-bond donors (Lipinski definition) is 2. The van der Waals surface area contributed by atoms with E-state index in [2.05, 4.69) is 12.1 Å². The molecule has 0 aliphatic heterocycles. The number of carbonyl (C=O) groups is 1. The third-order valence-electron chi connectivity index (χ3n) is 8.27. The summed E-state index contributed by atoms with van der Waals surface area (Å²) in [7, 11) is 1.58. The van der Waals surface area contributed by atoms with Crippen molar-refractivity contribution in [3.63, 3.8) is 0 Å². The van der Waals surface area contributed by atoms with Gasteiger partial charge in [-0.3, -0.25) is 4.79 Å². The first kappa shape index (κ1) is 17.2. The van der Waals surface area contributed by atoms with Crippen molar-refractivity contribution in [1.29, 1.82) is 5.41 Å². The van der Waals surface area contributed by atoms with Crippen LogP contribution < -0.4 is 0 Å². The van der Waals surface area contributed by atoms with E-state index in [-0.39, 0.29) is 23.4 Å². The van der Waals surface area contributed by atoms with E-state index in [9.17, 15) is 9.90 Å². The van der Waals surface area contributed by atoms with Gasteiger partial charge in [-0.05, 0) is 62.7 Å². The van der Waals surface area contributed by atoms with Crippen LogP contribution in [0.25, 0.3) is 0 Å². The molecule has 0 aromatic rings. The molecule has 0 radical (unpaired) electrons. The number of aliphatic hydroxyl groups is 1. The summed E-state index contributed by atoms with van der Waals surface area (Å²) in [6.45, 7) is 2.33. The van der Waals surface area contributed by atoms with Crippen LogP contribution in [0.3, 0.4) is 0 Å². The van der Waals surface area contributed by atoms with Crippen LogP contribution in [0.5, 0.6) is 0 Å². The maximum absolute atomic E-state index is 12.6. The van der Waals surface area contributed by atoms with Crippen molar-refractivity contribution >= 4 is 17.2 Å². The summed E-state index contributed by atoms with van der Waals surface area (Å²) in [6, 6.07) is 0. The molecule has 0 bridgehead atoms. The maximum Gasteiger partial charge on any atom is 0.139 e. The highest BCUT2D eigenvalue weighted by Crippen LogP contribution is 2.64. The average molecular weight is 346 g/mol. The molecule has 0 amide bonds. The summed E-state index contributed by atoms with van der Waals surface area (Å²) in [5, 5.41) is 23.1. The number of rotatable bonds is 2. The second-order valence-electron chi connectivity index (χ2n) is 9.02. The molecule has 0 saturated heterocycles. The summed E-state index contributed by atoms with van der Waals surface area (Å²) < 4.78 is 0. The van der Waals surface area contributed by atoms with Crippen molar-refractivity contribution in [2.75, 3.05) is 13.7 Å². The molecule has 4 aliphatic carbocycles. The van der Waals surface area contributed by atoms with Gasteiger partial charge in [0.1, 0.15) is 12.9 Å². The minimum Gasteiger partial charge on any atom is -0.399 e. The Hall–Kier alpha value is -1.23. The number of hydrogen-bond acceptors (Lipinski definition) is 5. The van der Waals surface area contributed by atoms with Crippen molar-refractivity contribution in [3.05, 3.63) is 0 Å². The van der Waals surface area contributed by atoms with Gasteiger partial charge in [0.2, 0.25) is 0 Å². The van der Waals surface area contributed by atoms with Gasteiger partial charge in [-0.1, -0.05) is 12.1 Å². The summed E-state index contributed by atoms with van der Waals surface area (Å²) >= 11 is 0. The Morgan fingerprint density at radius 3 is 2.76 bits per heavy atom. The van der Waals surface area contributed by atoms with Gasteiger partial charge < -0.3 is 15.4 Å². The van der Waals surface area contributed by atoms with E-state index >= 15 is 0 Å². The number of aliphatic hydroxyl groups excluding tert-OH is 1. The lowest BCUT2D eigenvalue weighted by Gasteiger charge is -2.60. The minimum absolute atomic E-state index is 0.126. The van der Waals surface area contributed by atoms with Gasteiger partial charge in [0.15, 0.2) is 0 Å². The van der Waals surface area contributed by atoms with E-state index < -0.39 is 0 Å². The molecule has 0 heterocycles. The molecule has 2 N–H and O–H groups in total. The molecule has 4 aliphatic rings. The molecule has 4 rings (SSSR count). The van der Waals surface area contributed by atoms with Crippen LogP contribution in [0.1, 0.15) is 58.3 Å². The summed E-state index contributed by atoms with van der Waals surface area (Å²) in [5.41, 5.74) is 1.43. The highest BCUT2D eigenvalue weighted by atomic mass is 16.6. The molecule has 0 spiro atoms. The molecule has 5 heteroatoms. The van der Waals surface area contributed by atoms with Crippen LogP contribution in [0.2, 0.25) is 0 Å². The van der Waals surface area contributed by atoms with E-state index in [1.807, 2.05) is 0 Å². The second-order valence-corrected chi connectivity index (χ2v) is 9.02. The highest BCUT2D eigenvalue weighted by Gasteiger charge is 2.62. The van der Waals surface area contributed by atoms with Crippen LogP contribution in [0, 0.1) is 39.9 Å². The minimum atomic E-state index is -0.183. The van der Waals surface area contributed by atoms with E-state index in [1.54, 1.807) is 7.11 Å². The third-order valence-corrected chi connectivity index (χ3v) is 8.27. The Labute approximate surface area is 149 Å². The van der Waals surface area contributed by atoms with Gasteiger partial charge in [-0.25, -0.2) is 0 Å². The van der Waals surface area contributed by atoms with Crippen LogP contribution in [-0.2, 0) is 9.63 Å². The number of carbonyl (C=O) groups excluding carboxylic acids is 1. The fourth-order valence-electron chi connectivity index (χ4n) is 6.97. The number of nitrogens with one attached hydrogen (secondary N) is 1. The quantitative estimate of drug-likeness (QED) is 0.753. The molecule has 4 saturated carbocycles. The average Bonchev–Trinajstić information content (AvgIpc) is 2.91. The first-order valence-electron chi connectivity index (χ1n) is 9.76. The predicted molar refractivity (Wildman–Crippen MR) is 95.7 cm³/mol. The molecule has 138 valence electrons. The van der Waals surface area contributed by atoms with Gasteiger partial charge in [0.25, 0.3) is 0 Å². The zero-order valence-corrected chi connectivity index (χ0v) is 15.4. The van der Waals surface area contributed by atoms with Crippen LogP contribution in [0.4, 0.5) is 0 Å². The standard InChI is InChI=1S/C20H30N2O3/c1-19-7-6-15-13(14(19)3-4-18(19)24)10-17(22-25-2)16-9-12(21)5-8-20(15,16)11-23/h13-16,21,23H,3-11H2,1-2H3/b21-12?,22-17+/t13?,14?,15?,16?,19-,20-/m0/s1. The smallest absolute Gasteiger partial charge is 0.139 e. The Morgan fingerprint density at radius 1 is 1.24 bits per heavy atom. The SMILES string of the molecule is CO/N=C1\CC2C(CC[C@]3(C)C(=O)CCC23)[C@@]2(CO)CCC(=N)CC12. The van der Waals surface area contributed by atoms with Gasteiger partial charge >= 0.3 is 0 Å². The topological polar surface area (TPSA) is 82.7 Å². The first-order valence-corrected chi connectivity index (χ1v) is 9.76. The molecular formula is C20H30N2O3. The number of Topliss-reactive ketones (excluding diaryl/α,β-unsaturated/α-hetero) is 1. The van der Waals surface area contributed by atoms with Crippen molar-refractivity contribution in [1.82, 2.24) is 0 Å². The Morgan fingerprint density at radius 2 is 2.04 bits per heavy atom. The summed E-state index contributed by atoms with van der Waals surface area (Å²) in [4.78, 5) is 17.7. The molecule has 4 unspecified atom stereocenters. The van der Waals surface area contributed by atoms with Crippen molar-refractivity contribution in [2.45, 2.75) is 58.3 Å². The zero-order chi connectivity index (χ0) is 17.8. The van der Waals surface area contributed by atoms with Crippen LogP contribution >= 0.6 is 0 Å². The molecule has 0 aromatic carbocycles. The lowest BCUT2D eigenvalue weighted by Crippen LogP contribution is -2.59. The predicted octanol–water partition coefficient (Wildman–Crippen LogP) is 3.20. The Kier molecular flexibility index (Phi) is 4.06. The number of ketones is 1. The monoisotopic (exact) mass is 346 g/mol. The van der Waals surface area contributed by atoms with E-state index in [0.29, 0.717) is 36.4 Å². The van der Waals surface area contributed by atoms with E-state index in [0.717, 1.165) is 49.9 Å². The van der Waals surface area contributed by atoms with Crippen molar-refractivity contribution < 1.29 is 14.7 Å². The lowest BCUT2D eigenvalue weighted by atomic mass is 9.44. The molecule has 4 fully saturated rings. The normalized spacial score (nSPS) is 48.0. The summed E-state index contributed by atoms with van der Waals surface area (Å²) in [6.07, 6.45) is 6.89. The molecule has 5 nitrogen and oxygen atoms in total. The van der Waals surface area contributed by atoms with Crippen LogP contribution in [-0.4, -0.2) is 36.0 Å². The van der Waals surface area contributed by atoms with Crippen LogP contribution in [0.15, 0.2) is 5.16 Å². The maximum atomic E-state index is 12.6. The van der Waals surface area contributed by atoms with Gasteiger partial charge in [0.05, 0.1) is 5.71 Å². The second kappa shape index (κ2) is 5.90. The largest absolute Gasteiger partial charge is 0.399 e.